The van der Waals surface area contributed by atoms with Crippen LogP contribution in [-0.2, 0) is 14.3 Å². The maximum Gasteiger partial charge on any atom is 0.307 e. The molecule has 1 aliphatic rings. The van der Waals surface area contributed by atoms with Gasteiger partial charge in [-0.25, -0.2) is 0 Å². The third kappa shape index (κ3) is 5.41. The second-order valence-electron chi connectivity index (χ2n) is 6.70. The van der Waals surface area contributed by atoms with E-state index in [1.807, 2.05) is 0 Å². The van der Waals surface area contributed by atoms with Gasteiger partial charge in [-0.05, 0) is 25.5 Å². The lowest BCUT2D eigenvalue weighted by Gasteiger charge is -2.23. The van der Waals surface area contributed by atoms with Crippen LogP contribution in [0, 0.1) is 0 Å². The lowest BCUT2D eigenvalue weighted by atomic mass is 10.1. The number of imide groups is 1. The SMILES string of the molecule is CCCCCN(CCC(=O)OCC)C(=O)CCN1C(=O)c2ccccc2C1=O. The first-order chi connectivity index (χ1) is 13.5. The Balaban J connectivity index is 1.94. The minimum absolute atomic E-state index is 0.0366. The van der Waals surface area contributed by atoms with E-state index in [0.717, 1.165) is 24.2 Å². The average Bonchev–Trinajstić information content (AvgIpc) is 2.93. The molecule has 0 saturated carbocycles. The fourth-order valence-electron chi connectivity index (χ4n) is 3.18. The van der Waals surface area contributed by atoms with E-state index in [9.17, 15) is 19.2 Å². The number of fused-ring (bicyclic) bond motifs is 1. The molecule has 3 amide bonds. The van der Waals surface area contributed by atoms with Crippen LogP contribution in [0.4, 0.5) is 0 Å². The molecule has 7 nitrogen and oxygen atoms in total. The van der Waals surface area contributed by atoms with Crippen LogP contribution in [0.3, 0.4) is 0 Å². The Bertz CT molecular complexity index is 696. The van der Waals surface area contributed by atoms with Gasteiger partial charge in [-0.2, -0.15) is 0 Å². The predicted octanol–water partition coefficient (Wildman–Crippen LogP) is 2.64. The molecule has 0 aromatic heterocycles. The number of carbonyl (C=O) groups excluding carboxylic acids is 4. The lowest BCUT2D eigenvalue weighted by Crippen LogP contribution is -2.38. The second kappa shape index (κ2) is 10.6. The molecule has 7 heteroatoms. The topological polar surface area (TPSA) is 84.0 Å². The van der Waals surface area contributed by atoms with E-state index in [2.05, 4.69) is 6.92 Å². The highest BCUT2D eigenvalue weighted by Crippen LogP contribution is 2.22. The first kappa shape index (κ1) is 21.6. The molecule has 0 N–H and O–H groups in total. The molecule has 2 rings (SSSR count). The zero-order valence-corrected chi connectivity index (χ0v) is 16.6. The van der Waals surface area contributed by atoms with Gasteiger partial charge in [0.15, 0.2) is 0 Å². The fourth-order valence-corrected chi connectivity index (χ4v) is 3.18. The van der Waals surface area contributed by atoms with Gasteiger partial charge in [0, 0.05) is 26.1 Å². The number of rotatable bonds is 11. The van der Waals surface area contributed by atoms with Gasteiger partial charge in [-0.15, -0.1) is 0 Å². The number of ether oxygens (including phenoxy) is 1. The van der Waals surface area contributed by atoms with E-state index in [1.54, 1.807) is 36.1 Å². The van der Waals surface area contributed by atoms with Crippen LogP contribution >= 0.6 is 0 Å². The summed E-state index contributed by atoms with van der Waals surface area (Å²) < 4.78 is 4.93. The first-order valence-electron chi connectivity index (χ1n) is 9.88. The van der Waals surface area contributed by atoms with Gasteiger partial charge in [0.2, 0.25) is 5.91 Å². The van der Waals surface area contributed by atoms with Gasteiger partial charge in [0.25, 0.3) is 11.8 Å². The van der Waals surface area contributed by atoms with Crippen LogP contribution in [0.1, 0.15) is 66.7 Å². The van der Waals surface area contributed by atoms with Crippen LogP contribution in [0.5, 0.6) is 0 Å². The summed E-state index contributed by atoms with van der Waals surface area (Å²) in [4.78, 5) is 51.9. The van der Waals surface area contributed by atoms with Gasteiger partial charge < -0.3 is 9.64 Å². The van der Waals surface area contributed by atoms with Gasteiger partial charge >= 0.3 is 5.97 Å². The molecule has 1 aromatic carbocycles. The summed E-state index contributed by atoms with van der Waals surface area (Å²) in [6.45, 7) is 4.99. The molecular formula is C21H28N2O5. The summed E-state index contributed by atoms with van der Waals surface area (Å²) in [6, 6.07) is 6.66. The van der Waals surface area contributed by atoms with Gasteiger partial charge in [-0.3, -0.25) is 24.1 Å². The standard InChI is InChI=1S/C21H28N2O5/c1-3-5-8-13-22(14-12-19(25)28-4-2)18(24)11-15-23-20(26)16-9-6-7-10-17(16)21(23)27/h6-7,9-10H,3-5,8,11-15H2,1-2H3. The number of esters is 1. The van der Waals surface area contributed by atoms with Crippen molar-refractivity contribution >= 4 is 23.7 Å². The molecule has 1 aliphatic heterocycles. The van der Waals surface area contributed by atoms with E-state index in [4.69, 9.17) is 4.74 Å². The molecule has 0 saturated heterocycles. The molecular weight excluding hydrogens is 360 g/mol. The summed E-state index contributed by atoms with van der Waals surface area (Å²) >= 11 is 0. The minimum Gasteiger partial charge on any atom is -0.466 e. The van der Waals surface area contributed by atoms with Crippen LogP contribution in [-0.4, -0.2) is 59.7 Å². The van der Waals surface area contributed by atoms with Gasteiger partial charge in [0.05, 0.1) is 24.2 Å². The van der Waals surface area contributed by atoms with Crippen molar-refractivity contribution in [3.05, 3.63) is 35.4 Å². The van der Waals surface area contributed by atoms with Crippen molar-refractivity contribution in [3.8, 4) is 0 Å². The molecule has 0 atom stereocenters. The van der Waals surface area contributed by atoms with Crippen LogP contribution in [0.2, 0.25) is 0 Å². The molecule has 1 aromatic rings. The first-order valence-corrected chi connectivity index (χ1v) is 9.88. The number of carbonyl (C=O) groups is 4. The number of amides is 3. The maximum atomic E-state index is 12.7. The van der Waals surface area contributed by atoms with Crippen molar-refractivity contribution in [2.24, 2.45) is 0 Å². The predicted molar refractivity (Wildman–Crippen MR) is 104 cm³/mol. The lowest BCUT2D eigenvalue weighted by molar-refractivity contribution is -0.144. The molecule has 0 spiro atoms. The molecule has 0 unspecified atom stereocenters. The molecule has 152 valence electrons. The largest absolute Gasteiger partial charge is 0.466 e. The smallest absolute Gasteiger partial charge is 0.307 e. The monoisotopic (exact) mass is 388 g/mol. The number of hydrogen-bond acceptors (Lipinski definition) is 5. The van der Waals surface area contributed by atoms with Crippen molar-refractivity contribution in [1.29, 1.82) is 0 Å². The normalized spacial score (nSPS) is 12.9. The molecule has 28 heavy (non-hydrogen) atoms. The Hall–Kier alpha value is -2.70. The summed E-state index contributed by atoms with van der Waals surface area (Å²) in [5.41, 5.74) is 0.754. The zero-order chi connectivity index (χ0) is 20.5. The number of hydrogen-bond donors (Lipinski definition) is 0. The van der Waals surface area contributed by atoms with E-state index in [0.29, 0.717) is 24.3 Å². The van der Waals surface area contributed by atoms with Gasteiger partial charge in [-0.1, -0.05) is 31.9 Å². The highest BCUT2D eigenvalue weighted by molar-refractivity contribution is 6.21. The van der Waals surface area contributed by atoms with E-state index in [-0.39, 0.29) is 49.6 Å². The Morgan fingerprint density at radius 2 is 1.61 bits per heavy atom. The van der Waals surface area contributed by atoms with Crippen LogP contribution in [0.25, 0.3) is 0 Å². The quantitative estimate of drug-likeness (QED) is 0.331. The molecule has 0 radical (unpaired) electrons. The average molecular weight is 388 g/mol. The third-order valence-electron chi connectivity index (χ3n) is 4.70. The number of benzene rings is 1. The third-order valence-corrected chi connectivity index (χ3v) is 4.70. The molecule has 0 aliphatic carbocycles. The highest BCUT2D eigenvalue weighted by atomic mass is 16.5. The van der Waals surface area contributed by atoms with Crippen molar-refractivity contribution in [1.82, 2.24) is 9.80 Å². The van der Waals surface area contributed by atoms with Crippen molar-refractivity contribution in [3.63, 3.8) is 0 Å². The zero-order valence-electron chi connectivity index (χ0n) is 16.6. The van der Waals surface area contributed by atoms with Crippen molar-refractivity contribution in [2.45, 2.75) is 46.0 Å². The van der Waals surface area contributed by atoms with Crippen molar-refractivity contribution in [2.75, 3.05) is 26.2 Å². The Kier molecular flexibility index (Phi) is 8.17. The number of nitrogens with zero attached hydrogens (tertiary/aromatic N) is 2. The summed E-state index contributed by atoms with van der Waals surface area (Å²) in [6.07, 6.45) is 3.04. The summed E-state index contributed by atoms with van der Waals surface area (Å²) in [5.74, 6) is -1.23. The second-order valence-corrected chi connectivity index (χ2v) is 6.70. The number of unbranched alkanes of at least 4 members (excludes halogenated alkanes) is 2. The Morgan fingerprint density at radius 3 is 2.18 bits per heavy atom. The van der Waals surface area contributed by atoms with Crippen LogP contribution < -0.4 is 0 Å². The minimum atomic E-state index is -0.363. The van der Waals surface area contributed by atoms with E-state index >= 15 is 0 Å². The van der Waals surface area contributed by atoms with Gasteiger partial charge in [0.1, 0.15) is 0 Å². The highest BCUT2D eigenvalue weighted by Gasteiger charge is 2.35. The summed E-state index contributed by atoms with van der Waals surface area (Å²) in [7, 11) is 0. The van der Waals surface area contributed by atoms with E-state index in [1.165, 1.54) is 0 Å². The van der Waals surface area contributed by atoms with Crippen molar-refractivity contribution < 1.29 is 23.9 Å². The van der Waals surface area contributed by atoms with Crippen LogP contribution in [0.15, 0.2) is 24.3 Å². The molecule has 0 fully saturated rings. The molecule has 1 heterocycles. The molecule has 0 bridgehead atoms. The summed E-state index contributed by atoms with van der Waals surface area (Å²) in [5, 5.41) is 0. The Morgan fingerprint density at radius 1 is 0.964 bits per heavy atom. The van der Waals surface area contributed by atoms with E-state index < -0.39 is 0 Å². The Labute approximate surface area is 165 Å². The fraction of sp³-hybridized carbons (Fsp3) is 0.524. The maximum absolute atomic E-state index is 12.7.